The van der Waals surface area contributed by atoms with Gasteiger partial charge in [-0.3, -0.25) is 0 Å². The molecule has 15 heavy (non-hydrogen) atoms. The van der Waals surface area contributed by atoms with Crippen LogP contribution in [-0.4, -0.2) is 6.29 Å². The van der Waals surface area contributed by atoms with Crippen LogP contribution in [0.3, 0.4) is 0 Å². The summed E-state index contributed by atoms with van der Waals surface area (Å²) < 4.78 is 5.27. The smallest absolute Gasteiger partial charge is 0.131 e. The zero-order chi connectivity index (χ0) is 10.7. The maximum atomic E-state index is 11.2. The third-order valence-corrected chi connectivity index (χ3v) is 3.62. The zero-order valence-corrected chi connectivity index (χ0v) is 9.29. The molecular weight excluding hydrogens is 208 g/mol. The van der Waals surface area contributed by atoms with Gasteiger partial charge in [-0.1, -0.05) is 6.07 Å². The number of carbonyl (C=O) groups is 1. The van der Waals surface area contributed by atoms with Crippen molar-refractivity contribution in [1.82, 2.24) is 0 Å². The molecule has 0 aliphatic heterocycles. The Hall–Kier alpha value is -1.35. The normalized spacial score (nSPS) is 14.7. The summed E-state index contributed by atoms with van der Waals surface area (Å²) in [5.74, 6) is 0.845. The van der Waals surface area contributed by atoms with Gasteiger partial charge in [-0.15, -0.1) is 11.3 Å². The number of thiophene rings is 1. The van der Waals surface area contributed by atoms with E-state index in [4.69, 9.17) is 4.42 Å². The Morgan fingerprint density at radius 1 is 1.47 bits per heavy atom. The van der Waals surface area contributed by atoms with Gasteiger partial charge in [-0.2, -0.15) is 0 Å². The lowest BCUT2D eigenvalue weighted by Gasteiger charge is -2.19. The summed E-state index contributed by atoms with van der Waals surface area (Å²) in [5, 5.41) is 1.99. The first-order valence-electron chi connectivity index (χ1n) is 4.77. The molecule has 78 valence electrons. The molecule has 0 bridgehead atoms. The largest absolute Gasteiger partial charge is 0.469 e. The van der Waals surface area contributed by atoms with E-state index in [-0.39, 0.29) is 0 Å². The Labute approximate surface area is 92.5 Å². The first-order chi connectivity index (χ1) is 7.24. The lowest BCUT2D eigenvalue weighted by Crippen LogP contribution is -2.25. The molecule has 0 fully saturated rings. The van der Waals surface area contributed by atoms with Crippen molar-refractivity contribution < 1.29 is 9.21 Å². The molecule has 0 aromatic carbocycles. The van der Waals surface area contributed by atoms with Gasteiger partial charge in [0.05, 0.1) is 11.7 Å². The molecule has 2 heterocycles. The van der Waals surface area contributed by atoms with E-state index in [1.54, 1.807) is 17.6 Å². The fourth-order valence-electron chi connectivity index (χ4n) is 1.57. The molecule has 0 N–H and O–H groups in total. The van der Waals surface area contributed by atoms with Crippen molar-refractivity contribution in [2.24, 2.45) is 0 Å². The lowest BCUT2D eigenvalue weighted by molar-refractivity contribution is -0.112. The summed E-state index contributed by atoms with van der Waals surface area (Å²) in [6, 6.07) is 7.69. The maximum absolute atomic E-state index is 11.2. The summed E-state index contributed by atoms with van der Waals surface area (Å²) in [6.45, 7) is 1.94. The second-order valence-electron chi connectivity index (χ2n) is 3.77. The van der Waals surface area contributed by atoms with Crippen LogP contribution in [0, 0.1) is 0 Å². The van der Waals surface area contributed by atoms with E-state index in [1.165, 1.54) is 0 Å². The van der Waals surface area contributed by atoms with Gasteiger partial charge < -0.3 is 9.21 Å². The highest BCUT2D eigenvalue weighted by molar-refractivity contribution is 7.10. The molecule has 1 unspecified atom stereocenters. The maximum Gasteiger partial charge on any atom is 0.131 e. The third kappa shape index (κ3) is 2.02. The minimum Gasteiger partial charge on any atom is -0.469 e. The highest BCUT2D eigenvalue weighted by Gasteiger charge is 2.28. The first-order valence-corrected chi connectivity index (χ1v) is 5.65. The standard InChI is InChI=1S/C12H12O2S/c1-12(9-13,11-5-3-7-15-11)8-10-4-2-6-14-10/h2-7,9H,8H2,1H3. The predicted molar refractivity (Wildman–Crippen MR) is 60.1 cm³/mol. The van der Waals surface area contributed by atoms with Crippen LogP contribution in [-0.2, 0) is 16.6 Å². The average Bonchev–Trinajstić information content (AvgIpc) is 2.89. The van der Waals surface area contributed by atoms with E-state index in [0.29, 0.717) is 6.42 Å². The van der Waals surface area contributed by atoms with Crippen molar-refractivity contribution in [3.63, 3.8) is 0 Å². The molecule has 0 radical (unpaired) electrons. The Bertz CT molecular complexity index is 416. The monoisotopic (exact) mass is 220 g/mol. The van der Waals surface area contributed by atoms with Gasteiger partial charge in [0.1, 0.15) is 12.0 Å². The van der Waals surface area contributed by atoms with E-state index in [0.717, 1.165) is 16.9 Å². The Balaban J connectivity index is 2.26. The van der Waals surface area contributed by atoms with Gasteiger partial charge in [0.2, 0.25) is 0 Å². The molecule has 3 heteroatoms. The van der Waals surface area contributed by atoms with Crippen molar-refractivity contribution in [3.8, 4) is 0 Å². The van der Waals surface area contributed by atoms with E-state index >= 15 is 0 Å². The summed E-state index contributed by atoms with van der Waals surface area (Å²) in [7, 11) is 0. The summed E-state index contributed by atoms with van der Waals surface area (Å²) in [5.41, 5.74) is -0.466. The highest BCUT2D eigenvalue weighted by Crippen LogP contribution is 2.29. The van der Waals surface area contributed by atoms with Crippen LogP contribution >= 0.6 is 11.3 Å². The minimum atomic E-state index is -0.466. The fourth-order valence-corrected chi connectivity index (χ4v) is 2.42. The van der Waals surface area contributed by atoms with Crippen molar-refractivity contribution in [3.05, 3.63) is 46.5 Å². The van der Waals surface area contributed by atoms with E-state index in [9.17, 15) is 4.79 Å². The summed E-state index contributed by atoms with van der Waals surface area (Å²) in [4.78, 5) is 12.3. The molecular formula is C12H12O2S. The first kappa shape index (κ1) is 10.2. The second-order valence-corrected chi connectivity index (χ2v) is 4.72. The van der Waals surface area contributed by atoms with Crippen LogP contribution in [0.15, 0.2) is 40.3 Å². The minimum absolute atomic E-state index is 0.466. The molecule has 1 atom stereocenters. The molecule has 0 aliphatic rings. The Morgan fingerprint density at radius 2 is 2.33 bits per heavy atom. The van der Waals surface area contributed by atoms with Crippen molar-refractivity contribution in [2.45, 2.75) is 18.8 Å². The van der Waals surface area contributed by atoms with Crippen molar-refractivity contribution >= 4 is 17.6 Å². The van der Waals surface area contributed by atoms with Crippen LogP contribution in [0.25, 0.3) is 0 Å². The Morgan fingerprint density at radius 3 is 2.87 bits per heavy atom. The van der Waals surface area contributed by atoms with Gasteiger partial charge in [-0.25, -0.2) is 0 Å². The number of rotatable bonds is 4. The highest BCUT2D eigenvalue weighted by atomic mass is 32.1. The second kappa shape index (κ2) is 4.03. The third-order valence-electron chi connectivity index (χ3n) is 2.47. The molecule has 0 saturated heterocycles. The van der Waals surface area contributed by atoms with Crippen molar-refractivity contribution in [1.29, 1.82) is 0 Å². The molecule has 0 spiro atoms. The van der Waals surface area contributed by atoms with Crippen LogP contribution < -0.4 is 0 Å². The summed E-state index contributed by atoms with van der Waals surface area (Å²) in [6.07, 6.45) is 3.25. The van der Waals surface area contributed by atoms with Crippen LogP contribution in [0.4, 0.5) is 0 Å². The number of carbonyl (C=O) groups excluding carboxylic acids is 1. The SMILES string of the molecule is CC(C=O)(Cc1ccco1)c1cccs1. The molecule has 0 saturated carbocycles. The number of hydrogen-bond donors (Lipinski definition) is 0. The average molecular weight is 220 g/mol. The van der Waals surface area contributed by atoms with E-state index < -0.39 is 5.41 Å². The van der Waals surface area contributed by atoms with Crippen LogP contribution in [0.5, 0.6) is 0 Å². The summed E-state index contributed by atoms with van der Waals surface area (Å²) >= 11 is 1.60. The van der Waals surface area contributed by atoms with Gasteiger partial charge >= 0.3 is 0 Å². The predicted octanol–water partition coefficient (Wildman–Crippen LogP) is 3.04. The van der Waals surface area contributed by atoms with Gasteiger partial charge in [0.25, 0.3) is 0 Å². The number of furan rings is 1. The quantitative estimate of drug-likeness (QED) is 0.741. The lowest BCUT2D eigenvalue weighted by atomic mass is 9.86. The van der Waals surface area contributed by atoms with Crippen LogP contribution in [0.1, 0.15) is 17.6 Å². The molecule has 2 aromatic heterocycles. The number of aldehydes is 1. The molecule has 2 nitrogen and oxygen atoms in total. The topological polar surface area (TPSA) is 30.2 Å². The molecule has 2 aromatic rings. The van der Waals surface area contributed by atoms with Gasteiger partial charge in [0, 0.05) is 11.3 Å². The van der Waals surface area contributed by atoms with Crippen molar-refractivity contribution in [2.75, 3.05) is 0 Å². The molecule has 0 aliphatic carbocycles. The van der Waals surface area contributed by atoms with Crippen LogP contribution in [0.2, 0.25) is 0 Å². The van der Waals surface area contributed by atoms with E-state index in [1.807, 2.05) is 36.6 Å². The van der Waals surface area contributed by atoms with Gasteiger partial charge in [0.15, 0.2) is 0 Å². The molecule has 0 amide bonds. The zero-order valence-electron chi connectivity index (χ0n) is 8.47. The Kier molecular flexibility index (Phi) is 2.73. The molecule has 2 rings (SSSR count). The van der Waals surface area contributed by atoms with E-state index in [2.05, 4.69) is 0 Å². The fraction of sp³-hybridized carbons (Fsp3) is 0.250. The van der Waals surface area contributed by atoms with Gasteiger partial charge in [-0.05, 0) is 30.5 Å². The number of hydrogen-bond acceptors (Lipinski definition) is 3.